The van der Waals surface area contributed by atoms with Crippen molar-refractivity contribution in [1.29, 1.82) is 0 Å². The van der Waals surface area contributed by atoms with Crippen LogP contribution in [0.5, 0.6) is 0 Å². The largest absolute Gasteiger partial charge is 0.465 e. The van der Waals surface area contributed by atoms with E-state index in [1.165, 1.54) is 0 Å². The van der Waals surface area contributed by atoms with E-state index in [9.17, 15) is 13.6 Å². The van der Waals surface area contributed by atoms with Crippen molar-refractivity contribution in [3.8, 4) is 0 Å². The quantitative estimate of drug-likeness (QED) is 0.636. The molecule has 3 nitrogen and oxygen atoms in total. The van der Waals surface area contributed by atoms with Gasteiger partial charge in [0, 0.05) is 12.5 Å². The van der Waals surface area contributed by atoms with E-state index < -0.39 is 17.8 Å². The molecule has 14 heavy (non-hydrogen) atoms. The number of esters is 1. The monoisotopic (exact) mass is 207 g/mol. The molecule has 0 aromatic rings. The van der Waals surface area contributed by atoms with E-state index in [0.29, 0.717) is 12.8 Å². The van der Waals surface area contributed by atoms with E-state index in [1.54, 1.807) is 7.05 Å². The van der Waals surface area contributed by atoms with Gasteiger partial charge < -0.3 is 9.64 Å². The SMILES string of the molecule is COC(=O)C(F)(F)C1CCCN(C)C1. The lowest BCUT2D eigenvalue weighted by atomic mass is 9.92. The van der Waals surface area contributed by atoms with Crippen LogP contribution in [0.1, 0.15) is 12.8 Å². The fourth-order valence-corrected chi connectivity index (χ4v) is 1.77. The number of hydrogen-bond acceptors (Lipinski definition) is 3. The van der Waals surface area contributed by atoms with Crippen LogP contribution in [0.15, 0.2) is 0 Å². The summed E-state index contributed by atoms with van der Waals surface area (Å²) in [4.78, 5) is 12.7. The predicted molar refractivity (Wildman–Crippen MR) is 47.2 cm³/mol. The summed E-state index contributed by atoms with van der Waals surface area (Å²) >= 11 is 0. The van der Waals surface area contributed by atoms with Gasteiger partial charge in [-0.05, 0) is 26.4 Å². The van der Waals surface area contributed by atoms with Crippen LogP contribution < -0.4 is 0 Å². The molecule has 1 rings (SSSR count). The van der Waals surface area contributed by atoms with Crippen molar-refractivity contribution >= 4 is 5.97 Å². The number of nitrogens with zero attached hydrogens (tertiary/aromatic N) is 1. The minimum absolute atomic E-state index is 0.252. The predicted octanol–water partition coefficient (Wildman–Crippen LogP) is 1.14. The Bertz CT molecular complexity index is 221. The molecule has 0 aromatic carbocycles. The second kappa shape index (κ2) is 4.21. The second-order valence-electron chi connectivity index (χ2n) is 3.72. The summed E-state index contributed by atoms with van der Waals surface area (Å²) < 4.78 is 30.8. The minimum atomic E-state index is -3.34. The van der Waals surface area contributed by atoms with Gasteiger partial charge in [0.1, 0.15) is 0 Å². The molecule has 1 aliphatic rings. The first-order chi connectivity index (χ1) is 6.48. The highest BCUT2D eigenvalue weighted by Gasteiger charge is 2.49. The summed E-state index contributed by atoms with van der Waals surface area (Å²) in [5.41, 5.74) is 0. The molecular formula is C9H15F2NO2. The van der Waals surface area contributed by atoms with Crippen LogP contribution in [-0.4, -0.2) is 44.0 Å². The zero-order chi connectivity index (χ0) is 10.8. The fourth-order valence-electron chi connectivity index (χ4n) is 1.77. The highest BCUT2D eigenvalue weighted by atomic mass is 19.3. The highest BCUT2D eigenvalue weighted by Crippen LogP contribution is 2.32. The zero-order valence-corrected chi connectivity index (χ0v) is 8.43. The number of alkyl halides is 2. The molecule has 5 heteroatoms. The van der Waals surface area contributed by atoms with Gasteiger partial charge in [0.05, 0.1) is 7.11 Å². The summed E-state index contributed by atoms with van der Waals surface area (Å²) in [7, 11) is 2.77. The van der Waals surface area contributed by atoms with Crippen molar-refractivity contribution in [2.75, 3.05) is 27.2 Å². The molecule has 0 aliphatic carbocycles. The van der Waals surface area contributed by atoms with Gasteiger partial charge in [-0.1, -0.05) is 0 Å². The number of carbonyl (C=O) groups excluding carboxylic acids is 1. The molecule has 1 heterocycles. The van der Waals surface area contributed by atoms with Gasteiger partial charge >= 0.3 is 11.9 Å². The van der Waals surface area contributed by atoms with Crippen LogP contribution in [0.2, 0.25) is 0 Å². The Morgan fingerprint density at radius 1 is 1.57 bits per heavy atom. The van der Waals surface area contributed by atoms with Crippen molar-refractivity contribution in [3.63, 3.8) is 0 Å². The standard InChI is InChI=1S/C9H15F2NO2/c1-12-5-3-4-7(6-12)9(10,11)8(13)14-2/h7H,3-6H2,1-2H3. The molecule has 82 valence electrons. The molecule has 0 spiro atoms. The Labute approximate surface area is 82.0 Å². The van der Waals surface area contributed by atoms with E-state index in [-0.39, 0.29) is 6.54 Å². The molecule has 0 radical (unpaired) electrons. The van der Waals surface area contributed by atoms with E-state index in [4.69, 9.17) is 0 Å². The maximum absolute atomic E-state index is 13.4. The summed E-state index contributed by atoms with van der Waals surface area (Å²) in [5, 5.41) is 0. The van der Waals surface area contributed by atoms with Gasteiger partial charge in [0.2, 0.25) is 0 Å². The first kappa shape index (κ1) is 11.4. The van der Waals surface area contributed by atoms with Crippen LogP contribution in [0.4, 0.5) is 8.78 Å². The molecule has 0 N–H and O–H groups in total. The number of likely N-dealkylation sites (tertiary alicyclic amines) is 1. The van der Waals surface area contributed by atoms with Crippen molar-refractivity contribution in [2.24, 2.45) is 5.92 Å². The van der Waals surface area contributed by atoms with Gasteiger partial charge in [-0.15, -0.1) is 0 Å². The van der Waals surface area contributed by atoms with Gasteiger partial charge in [0.15, 0.2) is 0 Å². The van der Waals surface area contributed by atoms with Crippen LogP contribution in [0, 0.1) is 5.92 Å². The third kappa shape index (κ3) is 2.20. The Morgan fingerprint density at radius 2 is 2.21 bits per heavy atom. The maximum atomic E-state index is 13.4. The first-order valence-corrected chi connectivity index (χ1v) is 4.63. The summed E-state index contributed by atoms with van der Waals surface area (Å²) in [6.07, 6.45) is 1.08. The van der Waals surface area contributed by atoms with E-state index in [0.717, 1.165) is 13.7 Å². The van der Waals surface area contributed by atoms with Crippen LogP contribution in [0.3, 0.4) is 0 Å². The van der Waals surface area contributed by atoms with E-state index in [2.05, 4.69) is 4.74 Å². The molecule has 1 atom stereocenters. The molecule has 1 aliphatic heterocycles. The molecule has 1 saturated heterocycles. The van der Waals surface area contributed by atoms with Crippen LogP contribution >= 0.6 is 0 Å². The molecule has 0 saturated carbocycles. The summed E-state index contributed by atoms with van der Waals surface area (Å²) in [5.74, 6) is -5.67. The molecule has 0 bridgehead atoms. The Morgan fingerprint density at radius 3 is 2.71 bits per heavy atom. The number of piperidine rings is 1. The lowest BCUT2D eigenvalue weighted by molar-refractivity contribution is -0.180. The zero-order valence-electron chi connectivity index (χ0n) is 8.43. The number of carbonyl (C=O) groups is 1. The lowest BCUT2D eigenvalue weighted by Gasteiger charge is -2.33. The van der Waals surface area contributed by atoms with Gasteiger partial charge in [-0.3, -0.25) is 0 Å². The van der Waals surface area contributed by atoms with Gasteiger partial charge in [-0.2, -0.15) is 8.78 Å². The Hall–Kier alpha value is -0.710. The summed E-state index contributed by atoms with van der Waals surface area (Å²) in [6.45, 7) is 1.07. The number of rotatable bonds is 2. The fraction of sp³-hybridized carbons (Fsp3) is 0.889. The average molecular weight is 207 g/mol. The lowest BCUT2D eigenvalue weighted by Crippen LogP contribution is -2.46. The van der Waals surface area contributed by atoms with Crippen molar-refractivity contribution in [1.82, 2.24) is 4.90 Å². The van der Waals surface area contributed by atoms with Crippen molar-refractivity contribution in [2.45, 2.75) is 18.8 Å². The van der Waals surface area contributed by atoms with Crippen LogP contribution in [-0.2, 0) is 9.53 Å². The maximum Gasteiger partial charge on any atom is 0.377 e. The molecule has 0 amide bonds. The number of methoxy groups -OCH3 is 1. The Balaban J connectivity index is 2.66. The average Bonchev–Trinajstić information content (AvgIpc) is 2.16. The van der Waals surface area contributed by atoms with Crippen molar-refractivity contribution < 1.29 is 18.3 Å². The van der Waals surface area contributed by atoms with E-state index in [1.807, 2.05) is 4.90 Å². The third-order valence-electron chi connectivity index (χ3n) is 2.59. The molecular weight excluding hydrogens is 192 g/mol. The number of ether oxygens (including phenoxy) is 1. The normalized spacial score (nSPS) is 24.7. The number of hydrogen-bond donors (Lipinski definition) is 0. The molecule has 1 fully saturated rings. The van der Waals surface area contributed by atoms with Gasteiger partial charge in [-0.25, -0.2) is 4.79 Å². The topological polar surface area (TPSA) is 29.5 Å². The van der Waals surface area contributed by atoms with E-state index >= 15 is 0 Å². The van der Waals surface area contributed by atoms with Crippen molar-refractivity contribution in [3.05, 3.63) is 0 Å². The second-order valence-corrected chi connectivity index (χ2v) is 3.72. The highest BCUT2D eigenvalue weighted by molar-refractivity contribution is 5.77. The molecule has 0 aromatic heterocycles. The minimum Gasteiger partial charge on any atom is -0.465 e. The first-order valence-electron chi connectivity index (χ1n) is 4.63. The van der Waals surface area contributed by atoms with Gasteiger partial charge in [0.25, 0.3) is 0 Å². The molecule has 1 unspecified atom stereocenters. The third-order valence-corrected chi connectivity index (χ3v) is 2.59. The van der Waals surface area contributed by atoms with Crippen LogP contribution in [0.25, 0.3) is 0 Å². The Kier molecular flexibility index (Phi) is 3.42. The smallest absolute Gasteiger partial charge is 0.377 e. The summed E-state index contributed by atoms with van der Waals surface area (Å²) in [6, 6.07) is 0. The number of halogens is 2.